The molecule has 0 atom stereocenters. The molecule has 3 heterocycles. The maximum Gasteiger partial charge on any atom is 0.350 e. The summed E-state index contributed by atoms with van der Waals surface area (Å²) in [5, 5.41) is 12.0. The molecular formula is C20H20N6O2. The molecule has 0 spiro atoms. The molecule has 1 fully saturated rings. The molecule has 8 heteroatoms. The van der Waals surface area contributed by atoms with Crippen LogP contribution in [0.15, 0.2) is 53.6 Å². The Balaban J connectivity index is 1.50. The molecule has 1 saturated carbocycles. The highest BCUT2D eigenvalue weighted by Crippen LogP contribution is 2.21. The molecule has 1 amide bonds. The number of nitrogens with zero attached hydrogens (tertiary/aromatic N) is 5. The number of hydrogen-bond acceptors (Lipinski definition) is 4. The van der Waals surface area contributed by atoms with Crippen LogP contribution >= 0.6 is 0 Å². The molecule has 1 aliphatic carbocycles. The molecule has 0 aliphatic heterocycles. The molecule has 0 radical (unpaired) electrons. The van der Waals surface area contributed by atoms with Crippen LogP contribution in [-0.4, -0.2) is 35.7 Å². The molecule has 28 heavy (non-hydrogen) atoms. The monoisotopic (exact) mass is 376 g/mol. The lowest BCUT2D eigenvalue weighted by molar-refractivity contribution is -0.122. The lowest BCUT2D eigenvalue weighted by atomic mass is 10.1. The van der Waals surface area contributed by atoms with E-state index in [-0.39, 0.29) is 24.2 Å². The number of aromatic nitrogens is 5. The summed E-state index contributed by atoms with van der Waals surface area (Å²) in [6, 6.07) is 12.0. The van der Waals surface area contributed by atoms with E-state index >= 15 is 0 Å². The van der Waals surface area contributed by atoms with Gasteiger partial charge >= 0.3 is 5.69 Å². The van der Waals surface area contributed by atoms with E-state index in [1.807, 2.05) is 36.4 Å². The number of nitrogens with one attached hydrogen (secondary N) is 1. The van der Waals surface area contributed by atoms with Gasteiger partial charge in [-0.2, -0.15) is 5.10 Å². The van der Waals surface area contributed by atoms with Crippen LogP contribution in [0.5, 0.6) is 0 Å². The fourth-order valence-corrected chi connectivity index (χ4v) is 3.87. The molecule has 5 rings (SSSR count). The predicted octanol–water partition coefficient (Wildman–Crippen LogP) is 1.87. The van der Waals surface area contributed by atoms with Crippen LogP contribution in [0.2, 0.25) is 0 Å². The third-order valence-electron chi connectivity index (χ3n) is 5.28. The minimum absolute atomic E-state index is 0.0805. The smallest absolute Gasteiger partial charge is 0.350 e. The second-order valence-electron chi connectivity index (χ2n) is 7.21. The highest BCUT2D eigenvalue weighted by atomic mass is 16.2. The fraction of sp³-hybridized carbons (Fsp3) is 0.300. The van der Waals surface area contributed by atoms with Gasteiger partial charge in [0.2, 0.25) is 5.91 Å². The Kier molecular flexibility index (Phi) is 3.96. The Morgan fingerprint density at radius 1 is 1.11 bits per heavy atom. The quantitative estimate of drug-likeness (QED) is 0.589. The predicted molar refractivity (Wildman–Crippen MR) is 104 cm³/mol. The summed E-state index contributed by atoms with van der Waals surface area (Å²) in [6.07, 6.45) is 7.64. The van der Waals surface area contributed by atoms with Crippen molar-refractivity contribution < 1.29 is 4.79 Å². The van der Waals surface area contributed by atoms with E-state index in [0.29, 0.717) is 11.2 Å². The lowest BCUT2D eigenvalue weighted by Gasteiger charge is -2.10. The number of rotatable bonds is 4. The van der Waals surface area contributed by atoms with Crippen molar-refractivity contribution in [2.45, 2.75) is 38.3 Å². The number of benzene rings is 1. The van der Waals surface area contributed by atoms with E-state index < -0.39 is 0 Å². The van der Waals surface area contributed by atoms with Crippen molar-refractivity contribution in [3.8, 4) is 11.3 Å². The van der Waals surface area contributed by atoms with E-state index in [9.17, 15) is 9.59 Å². The maximum atomic E-state index is 12.7. The molecule has 0 bridgehead atoms. The van der Waals surface area contributed by atoms with E-state index in [4.69, 9.17) is 0 Å². The number of carbonyl (C=O) groups is 1. The molecule has 1 N–H and O–H groups in total. The Bertz CT molecular complexity index is 1210. The normalized spacial score (nSPS) is 14.9. The Labute approximate surface area is 160 Å². The summed E-state index contributed by atoms with van der Waals surface area (Å²) in [5.74, 6) is -0.174. The molecule has 142 valence electrons. The lowest BCUT2D eigenvalue weighted by Crippen LogP contribution is -2.37. The molecule has 1 aliphatic rings. The van der Waals surface area contributed by atoms with Crippen molar-refractivity contribution in [3.63, 3.8) is 0 Å². The summed E-state index contributed by atoms with van der Waals surface area (Å²) in [7, 11) is 0. The Morgan fingerprint density at radius 3 is 2.68 bits per heavy atom. The van der Waals surface area contributed by atoms with Gasteiger partial charge in [-0.25, -0.2) is 18.4 Å². The first-order valence-electron chi connectivity index (χ1n) is 9.51. The van der Waals surface area contributed by atoms with Gasteiger partial charge in [-0.3, -0.25) is 4.79 Å². The minimum Gasteiger partial charge on any atom is -0.352 e. The third kappa shape index (κ3) is 2.87. The zero-order valence-corrected chi connectivity index (χ0v) is 15.3. The summed E-state index contributed by atoms with van der Waals surface area (Å²) < 4.78 is 4.37. The zero-order valence-electron chi connectivity index (χ0n) is 15.3. The standard InChI is InChI=1S/C20H20N6O2/c27-18(21-15-8-4-5-9-15)13-26-20(28)24-10-11-25-17(19(24)23-26)12-16(22-25)14-6-2-1-3-7-14/h1-3,6-7,10-12,15H,4-5,8-9,13H2,(H,21,27). The van der Waals surface area contributed by atoms with Crippen LogP contribution < -0.4 is 11.0 Å². The fourth-order valence-electron chi connectivity index (χ4n) is 3.87. The summed E-state index contributed by atoms with van der Waals surface area (Å²) >= 11 is 0. The van der Waals surface area contributed by atoms with Gasteiger partial charge in [0.15, 0.2) is 5.65 Å². The second kappa shape index (κ2) is 6.63. The summed E-state index contributed by atoms with van der Waals surface area (Å²) in [5.41, 5.74) is 2.66. The van der Waals surface area contributed by atoms with Crippen molar-refractivity contribution in [3.05, 3.63) is 59.3 Å². The van der Waals surface area contributed by atoms with Gasteiger partial charge in [0, 0.05) is 24.0 Å². The third-order valence-corrected chi connectivity index (χ3v) is 5.28. The van der Waals surface area contributed by atoms with Crippen LogP contribution in [-0.2, 0) is 11.3 Å². The average molecular weight is 376 g/mol. The molecular weight excluding hydrogens is 356 g/mol. The van der Waals surface area contributed by atoms with Gasteiger partial charge in [0.1, 0.15) is 12.1 Å². The Morgan fingerprint density at radius 2 is 1.89 bits per heavy atom. The molecule has 8 nitrogen and oxygen atoms in total. The van der Waals surface area contributed by atoms with Crippen LogP contribution in [0.1, 0.15) is 25.7 Å². The van der Waals surface area contributed by atoms with Crippen molar-refractivity contribution in [1.82, 2.24) is 29.1 Å². The van der Waals surface area contributed by atoms with Gasteiger partial charge in [-0.15, -0.1) is 5.10 Å². The summed E-state index contributed by atoms with van der Waals surface area (Å²) in [4.78, 5) is 25.0. The Hall–Kier alpha value is -3.42. The number of amides is 1. The second-order valence-corrected chi connectivity index (χ2v) is 7.21. The van der Waals surface area contributed by atoms with E-state index in [1.165, 1.54) is 9.08 Å². The van der Waals surface area contributed by atoms with Gasteiger partial charge in [0.25, 0.3) is 0 Å². The minimum atomic E-state index is -0.332. The van der Waals surface area contributed by atoms with Crippen molar-refractivity contribution in [2.24, 2.45) is 0 Å². The van der Waals surface area contributed by atoms with Gasteiger partial charge < -0.3 is 5.32 Å². The van der Waals surface area contributed by atoms with Crippen LogP contribution in [0.3, 0.4) is 0 Å². The highest BCUT2D eigenvalue weighted by molar-refractivity contribution is 5.78. The van der Waals surface area contributed by atoms with E-state index in [0.717, 1.165) is 36.9 Å². The topological polar surface area (TPSA) is 85.7 Å². The molecule has 3 aromatic heterocycles. The first-order valence-corrected chi connectivity index (χ1v) is 9.51. The molecule has 0 saturated heterocycles. The number of hydrogen-bond donors (Lipinski definition) is 1. The van der Waals surface area contributed by atoms with Crippen molar-refractivity contribution in [1.29, 1.82) is 0 Å². The van der Waals surface area contributed by atoms with E-state index in [1.54, 1.807) is 16.9 Å². The SMILES string of the molecule is O=C(Cn1nc2c3cc(-c4ccccc4)nn3ccn2c1=O)NC1CCCC1. The van der Waals surface area contributed by atoms with Crippen LogP contribution in [0, 0.1) is 0 Å². The van der Waals surface area contributed by atoms with E-state index in [2.05, 4.69) is 15.5 Å². The van der Waals surface area contributed by atoms with Crippen molar-refractivity contribution >= 4 is 17.1 Å². The largest absolute Gasteiger partial charge is 0.352 e. The number of fused-ring (bicyclic) bond motifs is 3. The summed E-state index contributed by atoms with van der Waals surface area (Å²) in [6.45, 7) is -0.0805. The zero-order chi connectivity index (χ0) is 19.1. The maximum absolute atomic E-state index is 12.7. The molecule has 1 aromatic carbocycles. The van der Waals surface area contributed by atoms with Crippen LogP contribution in [0.4, 0.5) is 0 Å². The highest BCUT2D eigenvalue weighted by Gasteiger charge is 2.19. The first kappa shape index (κ1) is 16.7. The average Bonchev–Trinajstić information content (AvgIpc) is 3.42. The van der Waals surface area contributed by atoms with Gasteiger partial charge in [-0.05, 0) is 18.9 Å². The molecule has 4 aromatic rings. The van der Waals surface area contributed by atoms with Crippen molar-refractivity contribution in [2.75, 3.05) is 0 Å². The first-order chi connectivity index (χ1) is 13.7. The molecule has 0 unspecified atom stereocenters. The number of carbonyl (C=O) groups excluding carboxylic acids is 1. The van der Waals surface area contributed by atoms with Gasteiger partial charge in [0.05, 0.1) is 5.69 Å². The van der Waals surface area contributed by atoms with Gasteiger partial charge in [-0.1, -0.05) is 43.2 Å². The van der Waals surface area contributed by atoms with Crippen LogP contribution in [0.25, 0.3) is 22.4 Å².